The van der Waals surface area contributed by atoms with E-state index in [2.05, 4.69) is 26.1 Å². The third-order valence-corrected chi connectivity index (χ3v) is 4.09. The van der Waals surface area contributed by atoms with Gasteiger partial charge in [-0.15, -0.1) is 0 Å². The molecule has 128 valence electrons. The number of carbonyl (C=O) groups is 1. The van der Waals surface area contributed by atoms with Crippen molar-refractivity contribution in [3.8, 4) is 17.5 Å². The van der Waals surface area contributed by atoms with Gasteiger partial charge in [-0.25, -0.2) is 24.1 Å². The molecule has 4 aromatic rings. The van der Waals surface area contributed by atoms with Crippen LogP contribution in [0, 0.1) is 11.3 Å². The van der Waals surface area contributed by atoms with Gasteiger partial charge in [0.15, 0.2) is 11.5 Å². The van der Waals surface area contributed by atoms with Crippen molar-refractivity contribution in [2.45, 2.75) is 13.0 Å². The third-order valence-electron chi connectivity index (χ3n) is 4.09. The molecule has 0 saturated heterocycles. The second kappa shape index (κ2) is 5.52. The molecule has 2 N–H and O–H groups in total. The quantitative estimate of drug-likeness (QED) is 0.560. The smallest absolute Gasteiger partial charge is 0.328 e. The number of rotatable bonds is 3. The van der Waals surface area contributed by atoms with Crippen LogP contribution in [-0.4, -0.2) is 40.2 Å². The number of nitrogens with one attached hydrogen (secondary N) is 1. The van der Waals surface area contributed by atoms with Gasteiger partial charge >= 0.3 is 11.7 Å². The maximum atomic E-state index is 12.1. The first-order valence-electron chi connectivity index (χ1n) is 7.57. The molecule has 10 heteroatoms. The van der Waals surface area contributed by atoms with Crippen molar-refractivity contribution in [1.29, 1.82) is 5.26 Å². The number of pyridine rings is 1. The van der Waals surface area contributed by atoms with Crippen LogP contribution in [0.1, 0.15) is 18.5 Å². The van der Waals surface area contributed by atoms with Crippen molar-refractivity contribution in [3.05, 3.63) is 46.8 Å². The highest BCUT2D eigenvalue weighted by Gasteiger charge is 2.21. The molecule has 4 heterocycles. The summed E-state index contributed by atoms with van der Waals surface area (Å²) in [6.45, 7) is 1.40. The molecule has 26 heavy (non-hydrogen) atoms. The Kier molecular flexibility index (Phi) is 3.30. The summed E-state index contributed by atoms with van der Waals surface area (Å²) >= 11 is 0. The number of aromatic nitrogens is 6. The Bertz CT molecular complexity index is 1270. The van der Waals surface area contributed by atoms with Crippen LogP contribution in [0.5, 0.6) is 0 Å². The zero-order valence-electron chi connectivity index (χ0n) is 13.4. The molecule has 0 saturated carbocycles. The predicted octanol–water partition coefficient (Wildman–Crippen LogP) is 0.952. The molecule has 0 spiro atoms. The Labute approximate surface area is 145 Å². The Balaban J connectivity index is 1.96. The zero-order valence-corrected chi connectivity index (χ0v) is 13.4. The number of nitriles is 1. The number of fused-ring (bicyclic) bond motifs is 2. The van der Waals surface area contributed by atoms with Crippen molar-refractivity contribution >= 4 is 22.6 Å². The molecule has 0 fully saturated rings. The Morgan fingerprint density at radius 2 is 2.23 bits per heavy atom. The molecule has 0 aliphatic carbocycles. The summed E-state index contributed by atoms with van der Waals surface area (Å²) in [5.41, 5.74) is 1.59. The van der Waals surface area contributed by atoms with Gasteiger partial charge in [0.1, 0.15) is 11.6 Å². The fourth-order valence-corrected chi connectivity index (χ4v) is 2.74. The lowest BCUT2D eigenvalue weighted by Crippen LogP contribution is -2.26. The van der Waals surface area contributed by atoms with E-state index >= 15 is 0 Å². The molecule has 0 bridgehead atoms. The molecule has 1 atom stereocenters. The summed E-state index contributed by atoms with van der Waals surface area (Å²) in [6.07, 6.45) is 4.61. The van der Waals surface area contributed by atoms with Crippen LogP contribution in [0.2, 0.25) is 0 Å². The van der Waals surface area contributed by atoms with Crippen molar-refractivity contribution < 1.29 is 9.90 Å². The van der Waals surface area contributed by atoms with Crippen LogP contribution >= 0.6 is 0 Å². The zero-order chi connectivity index (χ0) is 18.4. The number of hydrogen-bond acceptors (Lipinski definition) is 6. The number of aromatic amines is 1. The highest BCUT2D eigenvalue weighted by atomic mass is 16.4. The second-order valence-electron chi connectivity index (χ2n) is 5.66. The van der Waals surface area contributed by atoms with Gasteiger partial charge in [-0.2, -0.15) is 10.4 Å². The summed E-state index contributed by atoms with van der Waals surface area (Å²) < 4.78 is 2.64. The summed E-state index contributed by atoms with van der Waals surface area (Å²) in [5, 5.41) is 22.5. The normalized spacial score (nSPS) is 12.3. The molecular formula is C16H11N7O3. The number of imidazole rings is 1. The van der Waals surface area contributed by atoms with Gasteiger partial charge in [0.25, 0.3) is 0 Å². The van der Waals surface area contributed by atoms with Gasteiger partial charge < -0.3 is 10.1 Å². The number of hydrogen-bond donors (Lipinski definition) is 2. The van der Waals surface area contributed by atoms with E-state index in [0.29, 0.717) is 22.2 Å². The maximum Gasteiger partial charge on any atom is 0.328 e. The molecule has 10 nitrogen and oxygen atoms in total. The van der Waals surface area contributed by atoms with Crippen LogP contribution in [0.25, 0.3) is 28.1 Å². The average Bonchev–Trinajstić information content (AvgIpc) is 3.19. The molecule has 4 rings (SSSR count). The minimum Gasteiger partial charge on any atom is -0.480 e. The Morgan fingerprint density at radius 3 is 2.96 bits per heavy atom. The highest BCUT2D eigenvalue weighted by molar-refractivity contribution is 5.81. The van der Waals surface area contributed by atoms with Crippen LogP contribution in [0.4, 0.5) is 0 Å². The van der Waals surface area contributed by atoms with Gasteiger partial charge in [-0.3, -0.25) is 4.57 Å². The monoisotopic (exact) mass is 349 g/mol. The SMILES string of the molecule is C[C@H](C(=O)O)n1c(=O)[nH]c2cnc(-c3cnn4ccc(C#N)cc34)nc21. The first-order valence-corrected chi connectivity index (χ1v) is 7.57. The standard InChI is InChI=1S/C16H11N7O3/c1-8(15(24)25)23-14-11(20-16(23)26)7-18-13(21-14)10-6-19-22-3-2-9(5-17)4-12(10)22/h2-4,6-8H,1H3,(H,20,26)(H,24,25)/t8-/m1/s1. The number of H-pyrrole nitrogens is 1. The summed E-state index contributed by atoms with van der Waals surface area (Å²) in [7, 11) is 0. The highest BCUT2D eigenvalue weighted by Crippen LogP contribution is 2.23. The van der Waals surface area contributed by atoms with E-state index in [1.54, 1.807) is 29.0 Å². The van der Waals surface area contributed by atoms with Gasteiger partial charge in [0, 0.05) is 6.20 Å². The molecule has 0 aromatic carbocycles. The maximum absolute atomic E-state index is 12.1. The van der Waals surface area contributed by atoms with Crippen molar-refractivity contribution in [2.24, 2.45) is 0 Å². The first-order chi connectivity index (χ1) is 12.5. The van der Waals surface area contributed by atoms with E-state index in [4.69, 9.17) is 5.26 Å². The van der Waals surface area contributed by atoms with Crippen LogP contribution in [0.3, 0.4) is 0 Å². The molecule has 0 unspecified atom stereocenters. The second-order valence-corrected chi connectivity index (χ2v) is 5.66. The molecule has 4 aromatic heterocycles. The van der Waals surface area contributed by atoms with Crippen molar-refractivity contribution in [2.75, 3.05) is 0 Å². The topological polar surface area (TPSA) is 142 Å². The number of carboxylic acid groups (broad SMARTS) is 1. The van der Waals surface area contributed by atoms with Crippen molar-refractivity contribution in [1.82, 2.24) is 29.1 Å². The van der Waals surface area contributed by atoms with Gasteiger partial charge in [0.2, 0.25) is 0 Å². The summed E-state index contributed by atoms with van der Waals surface area (Å²) in [5.74, 6) is -0.879. The molecule has 0 radical (unpaired) electrons. The average molecular weight is 349 g/mol. The van der Waals surface area contributed by atoms with Gasteiger partial charge in [-0.1, -0.05) is 0 Å². The van der Waals surface area contributed by atoms with Crippen LogP contribution < -0.4 is 5.69 Å². The Hall–Kier alpha value is -4.00. The molecule has 0 aliphatic heterocycles. The lowest BCUT2D eigenvalue weighted by atomic mass is 10.2. The molecule has 0 amide bonds. The summed E-state index contributed by atoms with van der Waals surface area (Å²) in [4.78, 5) is 34.5. The van der Waals surface area contributed by atoms with Crippen LogP contribution in [-0.2, 0) is 4.79 Å². The Morgan fingerprint density at radius 1 is 1.42 bits per heavy atom. The van der Waals surface area contributed by atoms with E-state index in [0.717, 1.165) is 4.57 Å². The third kappa shape index (κ3) is 2.22. The lowest BCUT2D eigenvalue weighted by molar-refractivity contribution is -0.140. The number of nitrogens with zero attached hydrogens (tertiary/aromatic N) is 6. The number of carboxylic acids is 1. The van der Waals surface area contributed by atoms with E-state index in [-0.39, 0.29) is 11.5 Å². The minimum absolute atomic E-state index is 0.186. The van der Waals surface area contributed by atoms with E-state index in [1.807, 2.05) is 0 Å². The van der Waals surface area contributed by atoms with Gasteiger partial charge in [0.05, 0.1) is 35.1 Å². The van der Waals surface area contributed by atoms with E-state index < -0.39 is 17.7 Å². The van der Waals surface area contributed by atoms with Crippen molar-refractivity contribution in [3.63, 3.8) is 0 Å². The lowest BCUT2D eigenvalue weighted by Gasteiger charge is -2.07. The molecule has 0 aliphatic rings. The van der Waals surface area contributed by atoms with E-state index in [9.17, 15) is 14.7 Å². The minimum atomic E-state index is -1.15. The number of aliphatic carboxylic acids is 1. The predicted molar refractivity (Wildman–Crippen MR) is 89.4 cm³/mol. The van der Waals surface area contributed by atoms with Crippen LogP contribution in [0.15, 0.2) is 35.5 Å². The first kappa shape index (κ1) is 15.5. The largest absolute Gasteiger partial charge is 0.480 e. The molecular weight excluding hydrogens is 338 g/mol. The fraction of sp³-hybridized carbons (Fsp3) is 0.125. The van der Waals surface area contributed by atoms with Gasteiger partial charge in [-0.05, 0) is 19.1 Å². The van der Waals surface area contributed by atoms with E-state index in [1.165, 1.54) is 13.1 Å². The summed E-state index contributed by atoms with van der Waals surface area (Å²) in [6, 6.07) is 4.25. The fourth-order valence-electron chi connectivity index (χ4n) is 2.74.